The molecule has 1 aromatic carbocycles. The van der Waals surface area contributed by atoms with Gasteiger partial charge in [0.15, 0.2) is 0 Å². The topological polar surface area (TPSA) is 87.6 Å². The smallest absolute Gasteiger partial charge is 0.265 e. The molecule has 1 aliphatic heterocycles. The first-order valence-electron chi connectivity index (χ1n) is 13.0. The summed E-state index contributed by atoms with van der Waals surface area (Å²) in [5, 5.41) is 12.0. The number of carbonyl (C=O) groups excluding carboxylic acids is 1. The second kappa shape index (κ2) is 13.2. The Labute approximate surface area is 223 Å². The molecule has 198 valence electrons. The fraction of sp³-hybridized carbons (Fsp3) is 0.483. The number of benzene rings is 1. The molecule has 0 bridgehead atoms. The van der Waals surface area contributed by atoms with Crippen LogP contribution in [-0.2, 0) is 11.3 Å². The fourth-order valence-electron chi connectivity index (χ4n) is 4.49. The molecule has 0 radical (unpaired) electrons. The number of nitrogens with one attached hydrogen (secondary N) is 1. The van der Waals surface area contributed by atoms with E-state index >= 15 is 0 Å². The van der Waals surface area contributed by atoms with E-state index in [1.165, 1.54) is 17.8 Å². The van der Waals surface area contributed by atoms with Crippen LogP contribution in [0.4, 0.5) is 0 Å². The summed E-state index contributed by atoms with van der Waals surface area (Å²) in [7, 11) is 0. The molecular weight excluding hydrogens is 484 g/mol. The average Bonchev–Trinajstić information content (AvgIpc) is 3.25. The summed E-state index contributed by atoms with van der Waals surface area (Å²) in [6, 6.07) is 16.2. The zero-order chi connectivity index (χ0) is 26.1. The molecule has 5 rings (SSSR count). The van der Waals surface area contributed by atoms with E-state index in [0.29, 0.717) is 42.6 Å². The zero-order valence-corrected chi connectivity index (χ0v) is 22.6. The van der Waals surface area contributed by atoms with Gasteiger partial charge in [-0.25, -0.2) is 0 Å². The largest absolute Gasteiger partial charge is 0.396 e. The Kier molecular flexibility index (Phi) is 9.80. The lowest BCUT2D eigenvalue weighted by Crippen LogP contribution is -2.44. The molecule has 1 aliphatic carbocycles. The fourth-order valence-corrected chi connectivity index (χ4v) is 5.08. The van der Waals surface area contributed by atoms with E-state index in [9.17, 15) is 4.79 Å². The van der Waals surface area contributed by atoms with Crippen LogP contribution in [0.5, 0.6) is 0 Å². The molecule has 2 N–H and O–H groups in total. The first-order chi connectivity index (χ1) is 18.0. The van der Waals surface area contributed by atoms with E-state index < -0.39 is 0 Å². The molecule has 2 aromatic heterocycles. The summed E-state index contributed by atoms with van der Waals surface area (Å²) < 4.78 is 6.01. The number of hydrogen-bond acceptors (Lipinski definition) is 7. The normalized spacial score (nSPS) is 20.8. The van der Waals surface area contributed by atoms with Gasteiger partial charge >= 0.3 is 0 Å². The highest BCUT2D eigenvalue weighted by Gasteiger charge is 2.44. The molecule has 1 amide bonds. The Morgan fingerprint density at radius 1 is 1.22 bits per heavy atom. The summed E-state index contributed by atoms with van der Waals surface area (Å²) in [5.74, 6) is 0.911. The van der Waals surface area contributed by atoms with Gasteiger partial charge in [0.2, 0.25) is 0 Å². The van der Waals surface area contributed by atoms with Gasteiger partial charge in [0.05, 0.1) is 36.3 Å². The Balaban J connectivity index is 0.000000396. The molecule has 3 heterocycles. The van der Waals surface area contributed by atoms with Crippen LogP contribution in [0.25, 0.3) is 11.3 Å². The highest BCUT2D eigenvalue weighted by molar-refractivity contribution is 7.11. The number of rotatable bonds is 7. The Hall–Kier alpha value is -2.65. The number of aliphatic hydroxyl groups excluding tert-OH is 1. The van der Waals surface area contributed by atoms with Crippen molar-refractivity contribution in [1.82, 2.24) is 20.2 Å². The molecule has 3 aromatic rings. The molecule has 2 aliphatic rings. The minimum absolute atomic E-state index is 0.0710. The number of aliphatic hydroxyl groups is 1. The van der Waals surface area contributed by atoms with E-state index in [4.69, 9.17) is 14.8 Å². The van der Waals surface area contributed by atoms with E-state index in [0.717, 1.165) is 43.0 Å². The van der Waals surface area contributed by atoms with Gasteiger partial charge < -0.3 is 20.1 Å². The number of hydrogen-bond donors (Lipinski definition) is 2. The van der Waals surface area contributed by atoms with Crippen molar-refractivity contribution in [3.05, 3.63) is 70.8 Å². The van der Waals surface area contributed by atoms with Crippen molar-refractivity contribution in [3.8, 4) is 11.3 Å². The Morgan fingerprint density at radius 2 is 2.03 bits per heavy atom. The summed E-state index contributed by atoms with van der Waals surface area (Å²) in [5.41, 5.74) is 5.13. The third kappa shape index (κ3) is 8.17. The number of amides is 1. The number of carbonyl (C=O) groups is 1. The van der Waals surface area contributed by atoms with Gasteiger partial charge in [-0.15, -0.1) is 11.3 Å². The van der Waals surface area contributed by atoms with Crippen molar-refractivity contribution in [2.24, 2.45) is 17.3 Å². The van der Waals surface area contributed by atoms with Crippen LogP contribution in [0.15, 0.2) is 60.2 Å². The Bertz CT molecular complexity index is 1110. The lowest BCUT2D eigenvalue weighted by molar-refractivity contribution is 0.0529. The first-order valence-corrected chi connectivity index (χ1v) is 13.9. The maximum atomic E-state index is 12.8. The van der Waals surface area contributed by atoms with Gasteiger partial charge in [0.1, 0.15) is 4.88 Å². The van der Waals surface area contributed by atoms with Gasteiger partial charge in [-0.2, -0.15) is 0 Å². The van der Waals surface area contributed by atoms with Crippen LogP contribution in [0.2, 0.25) is 0 Å². The average molecular weight is 523 g/mol. The molecule has 7 nitrogen and oxygen atoms in total. The molecule has 1 saturated heterocycles. The minimum atomic E-state index is 0.0710. The lowest BCUT2D eigenvalue weighted by atomic mass is 10.1. The van der Waals surface area contributed by atoms with E-state index in [1.54, 1.807) is 11.7 Å². The highest BCUT2D eigenvalue weighted by atomic mass is 32.1. The number of thiazole rings is 1. The van der Waals surface area contributed by atoms with Crippen molar-refractivity contribution in [3.63, 3.8) is 0 Å². The molecule has 0 spiro atoms. The second-order valence-electron chi connectivity index (χ2n) is 10.5. The van der Waals surface area contributed by atoms with Gasteiger partial charge in [0.25, 0.3) is 5.91 Å². The second-order valence-corrected chi connectivity index (χ2v) is 11.4. The standard InChI is InChI=1S/C23H26N4O2S.C6H12O/c28-23(22-13-25-17-30-22)27-11-5-10-24-12-18(14-27)15-29-16-20-8-4-9-21(26-20)19-6-2-1-3-7-19;1-6(2)3-5(6)4-7/h1-4,6-9,13,17-18,24H,5,10-12,14-16H2;5,7H,3-4H2,1-2H3/t18-;5-/m01/s1. The van der Waals surface area contributed by atoms with Gasteiger partial charge in [0, 0.05) is 37.7 Å². The SMILES string of the molecule is CC1(C)C[C@@H]1CO.O=C(c1cncs1)N1CCCNC[C@H](COCc2cccc(-c3ccccc3)n2)C1. The summed E-state index contributed by atoms with van der Waals surface area (Å²) in [6.45, 7) is 8.97. The maximum Gasteiger partial charge on any atom is 0.265 e. The van der Waals surface area contributed by atoms with Gasteiger partial charge in [-0.3, -0.25) is 14.8 Å². The van der Waals surface area contributed by atoms with E-state index in [-0.39, 0.29) is 11.8 Å². The van der Waals surface area contributed by atoms with Crippen LogP contribution in [-0.4, -0.2) is 65.3 Å². The number of aromatic nitrogens is 2. The first kappa shape index (κ1) is 27.4. The minimum Gasteiger partial charge on any atom is -0.396 e. The lowest BCUT2D eigenvalue weighted by Gasteiger charge is -2.30. The van der Waals surface area contributed by atoms with Crippen molar-refractivity contribution >= 4 is 17.2 Å². The van der Waals surface area contributed by atoms with Crippen LogP contribution >= 0.6 is 11.3 Å². The third-order valence-electron chi connectivity index (χ3n) is 7.04. The van der Waals surface area contributed by atoms with Crippen LogP contribution in [0, 0.1) is 17.3 Å². The third-order valence-corrected chi connectivity index (χ3v) is 7.80. The zero-order valence-electron chi connectivity index (χ0n) is 21.8. The van der Waals surface area contributed by atoms with Crippen molar-refractivity contribution in [1.29, 1.82) is 0 Å². The number of ether oxygens (including phenoxy) is 1. The molecule has 2 atom stereocenters. The maximum absolute atomic E-state index is 12.8. The monoisotopic (exact) mass is 522 g/mol. The molecule has 0 unspecified atom stereocenters. The summed E-state index contributed by atoms with van der Waals surface area (Å²) in [6.07, 6.45) is 3.82. The van der Waals surface area contributed by atoms with Crippen LogP contribution in [0.3, 0.4) is 0 Å². The molecular formula is C29H38N4O3S. The number of nitrogens with zero attached hydrogens (tertiary/aromatic N) is 3. The summed E-state index contributed by atoms with van der Waals surface area (Å²) >= 11 is 1.40. The number of pyridine rings is 1. The molecule has 8 heteroatoms. The molecule has 37 heavy (non-hydrogen) atoms. The van der Waals surface area contributed by atoms with Crippen molar-refractivity contribution in [2.75, 3.05) is 39.4 Å². The highest BCUT2D eigenvalue weighted by Crippen LogP contribution is 2.50. The van der Waals surface area contributed by atoms with Crippen molar-refractivity contribution in [2.45, 2.75) is 33.3 Å². The predicted molar refractivity (Wildman–Crippen MR) is 147 cm³/mol. The Morgan fingerprint density at radius 3 is 2.70 bits per heavy atom. The van der Waals surface area contributed by atoms with Crippen LogP contribution in [0.1, 0.15) is 42.1 Å². The van der Waals surface area contributed by atoms with Crippen LogP contribution < -0.4 is 5.32 Å². The van der Waals surface area contributed by atoms with Crippen molar-refractivity contribution < 1.29 is 14.6 Å². The molecule has 1 saturated carbocycles. The predicted octanol–water partition coefficient (Wildman–Crippen LogP) is 4.50. The quantitative estimate of drug-likeness (QED) is 0.475. The van der Waals surface area contributed by atoms with Gasteiger partial charge in [-0.1, -0.05) is 50.2 Å². The van der Waals surface area contributed by atoms with E-state index in [2.05, 4.69) is 36.3 Å². The summed E-state index contributed by atoms with van der Waals surface area (Å²) in [4.78, 5) is 24.2. The van der Waals surface area contributed by atoms with Gasteiger partial charge in [-0.05, 0) is 42.9 Å². The van der Waals surface area contributed by atoms with E-state index in [1.807, 2.05) is 41.3 Å². The molecule has 2 fully saturated rings.